The fraction of sp³-hybridized carbons (Fsp3) is 0.889. The third kappa shape index (κ3) is 6.07. The minimum absolute atomic E-state index is 0.101. The molecule has 3 unspecified atom stereocenters. The standard InChI is InChI=1S/C18H35NO3/c1-8-15(11-20)18(22)19(7)16(17(21)13(4)5)14(6)10-9-12(2)3/h12-16,20H,8-11H2,1-7H3. The van der Waals surface area contributed by atoms with Gasteiger partial charge in [-0.15, -0.1) is 0 Å². The van der Waals surface area contributed by atoms with E-state index in [-0.39, 0.29) is 30.1 Å². The maximum absolute atomic E-state index is 12.6. The monoisotopic (exact) mass is 313 g/mol. The summed E-state index contributed by atoms with van der Waals surface area (Å²) >= 11 is 0. The second-order valence-electron chi connectivity index (χ2n) is 7.19. The lowest BCUT2D eigenvalue weighted by molar-refractivity contribution is -0.145. The highest BCUT2D eigenvalue weighted by Gasteiger charge is 2.34. The van der Waals surface area contributed by atoms with Crippen LogP contribution in [0.4, 0.5) is 0 Å². The van der Waals surface area contributed by atoms with Gasteiger partial charge in [0.25, 0.3) is 0 Å². The molecule has 0 heterocycles. The van der Waals surface area contributed by atoms with Crippen LogP contribution in [0, 0.1) is 23.7 Å². The van der Waals surface area contributed by atoms with Crippen LogP contribution in [0.2, 0.25) is 0 Å². The number of likely N-dealkylation sites (N-methyl/N-ethyl adjacent to an activating group) is 1. The summed E-state index contributed by atoms with van der Waals surface area (Å²) in [5, 5.41) is 9.36. The molecule has 0 saturated carbocycles. The lowest BCUT2D eigenvalue weighted by Gasteiger charge is -2.35. The van der Waals surface area contributed by atoms with E-state index in [1.54, 1.807) is 11.9 Å². The maximum Gasteiger partial charge on any atom is 0.228 e. The quantitative estimate of drug-likeness (QED) is 0.674. The zero-order chi connectivity index (χ0) is 17.4. The molecule has 0 aliphatic rings. The van der Waals surface area contributed by atoms with E-state index in [0.717, 1.165) is 12.8 Å². The van der Waals surface area contributed by atoms with E-state index in [1.165, 1.54) is 0 Å². The highest BCUT2D eigenvalue weighted by Crippen LogP contribution is 2.23. The first-order chi connectivity index (χ1) is 10.2. The molecule has 22 heavy (non-hydrogen) atoms. The molecule has 0 spiro atoms. The molecule has 0 aliphatic carbocycles. The number of nitrogens with zero attached hydrogens (tertiary/aromatic N) is 1. The number of aliphatic hydroxyl groups is 1. The van der Waals surface area contributed by atoms with Gasteiger partial charge in [-0.25, -0.2) is 0 Å². The lowest BCUT2D eigenvalue weighted by Crippen LogP contribution is -2.50. The van der Waals surface area contributed by atoms with Gasteiger partial charge < -0.3 is 10.0 Å². The number of ketones is 1. The smallest absolute Gasteiger partial charge is 0.228 e. The molecule has 1 amide bonds. The third-order valence-electron chi connectivity index (χ3n) is 4.43. The van der Waals surface area contributed by atoms with Crippen LogP contribution in [0.1, 0.15) is 60.8 Å². The summed E-state index contributed by atoms with van der Waals surface area (Å²) in [5.74, 6) is 0.183. The predicted molar refractivity (Wildman–Crippen MR) is 90.5 cm³/mol. The number of amides is 1. The van der Waals surface area contributed by atoms with Crippen LogP contribution in [-0.2, 0) is 9.59 Å². The molecule has 0 saturated heterocycles. The molecule has 0 radical (unpaired) electrons. The first kappa shape index (κ1) is 21.1. The minimum Gasteiger partial charge on any atom is -0.396 e. The van der Waals surface area contributed by atoms with Crippen LogP contribution < -0.4 is 0 Å². The van der Waals surface area contributed by atoms with Crippen LogP contribution in [0.15, 0.2) is 0 Å². The summed E-state index contributed by atoms with van der Waals surface area (Å²) in [4.78, 5) is 26.7. The molecule has 0 aromatic carbocycles. The normalized spacial score (nSPS) is 15.7. The number of carbonyl (C=O) groups is 2. The van der Waals surface area contributed by atoms with Crippen molar-refractivity contribution in [2.75, 3.05) is 13.7 Å². The molecule has 4 heteroatoms. The van der Waals surface area contributed by atoms with E-state index >= 15 is 0 Å². The number of rotatable bonds is 10. The van der Waals surface area contributed by atoms with Gasteiger partial charge in [-0.1, -0.05) is 48.0 Å². The minimum atomic E-state index is -0.412. The van der Waals surface area contributed by atoms with Gasteiger partial charge in [-0.2, -0.15) is 0 Å². The average molecular weight is 313 g/mol. The number of aliphatic hydroxyl groups excluding tert-OH is 1. The molecular weight excluding hydrogens is 278 g/mol. The Bertz CT molecular complexity index is 348. The zero-order valence-electron chi connectivity index (χ0n) is 15.4. The fourth-order valence-corrected chi connectivity index (χ4v) is 2.76. The highest BCUT2D eigenvalue weighted by atomic mass is 16.3. The van der Waals surface area contributed by atoms with E-state index in [4.69, 9.17) is 0 Å². The lowest BCUT2D eigenvalue weighted by atomic mass is 9.85. The summed E-state index contributed by atoms with van der Waals surface area (Å²) in [5.41, 5.74) is 0. The van der Waals surface area contributed by atoms with Crippen LogP contribution in [0.25, 0.3) is 0 Å². The van der Waals surface area contributed by atoms with Crippen molar-refractivity contribution in [3.63, 3.8) is 0 Å². The predicted octanol–water partition coefficient (Wildman–Crippen LogP) is 3.13. The third-order valence-corrected chi connectivity index (χ3v) is 4.43. The summed E-state index contributed by atoms with van der Waals surface area (Å²) < 4.78 is 0. The topological polar surface area (TPSA) is 57.6 Å². The molecule has 0 bridgehead atoms. The van der Waals surface area contributed by atoms with E-state index < -0.39 is 12.0 Å². The molecule has 0 rings (SSSR count). The Kier molecular flexibility index (Phi) is 9.58. The van der Waals surface area contributed by atoms with Gasteiger partial charge in [0.2, 0.25) is 5.91 Å². The molecular formula is C18H35NO3. The van der Waals surface area contributed by atoms with Crippen molar-refractivity contribution in [1.29, 1.82) is 0 Å². The number of hydrogen-bond acceptors (Lipinski definition) is 3. The molecule has 0 aromatic rings. The van der Waals surface area contributed by atoms with Gasteiger partial charge in [0.15, 0.2) is 5.78 Å². The average Bonchev–Trinajstić information content (AvgIpc) is 2.45. The van der Waals surface area contributed by atoms with Gasteiger partial charge in [0, 0.05) is 13.0 Å². The van der Waals surface area contributed by atoms with E-state index in [0.29, 0.717) is 12.3 Å². The summed E-state index contributed by atoms with van der Waals surface area (Å²) in [6.45, 7) is 11.9. The Labute approximate surface area is 136 Å². The molecule has 130 valence electrons. The van der Waals surface area contributed by atoms with Gasteiger partial charge >= 0.3 is 0 Å². The van der Waals surface area contributed by atoms with Crippen molar-refractivity contribution < 1.29 is 14.7 Å². The Morgan fingerprint density at radius 2 is 1.59 bits per heavy atom. The summed E-state index contributed by atoms with van der Waals surface area (Å²) in [6, 6.07) is -0.396. The van der Waals surface area contributed by atoms with E-state index in [9.17, 15) is 14.7 Å². The van der Waals surface area contributed by atoms with Crippen molar-refractivity contribution in [2.45, 2.75) is 66.8 Å². The number of hydrogen-bond donors (Lipinski definition) is 1. The van der Waals surface area contributed by atoms with Crippen LogP contribution in [-0.4, -0.2) is 41.4 Å². The Morgan fingerprint density at radius 1 is 1.05 bits per heavy atom. The van der Waals surface area contributed by atoms with Gasteiger partial charge in [0.1, 0.15) is 0 Å². The fourth-order valence-electron chi connectivity index (χ4n) is 2.76. The van der Waals surface area contributed by atoms with E-state index in [1.807, 2.05) is 20.8 Å². The van der Waals surface area contributed by atoms with Crippen LogP contribution in [0.5, 0.6) is 0 Å². The van der Waals surface area contributed by atoms with Gasteiger partial charge in [-0.3, -0.25) is 9.59 Å². The van der Waals surface area contributed by atoms with Crippen molar-refractivity contribution in [1.82, 2.24) is 4.90 Å². The van der Waals surface area contributed by atoms with Crippen LogP contribution >= 0.6 is 0 Å². The van der Waals surface area contributed by atoms with Gasteiger partial charge in [0.05, 0.1) is 18.6 Å². The first-order valence-electron chi connectivity index (χ1n) is 8.58. The molecule has 4 nitrogen and oxygen atoms in total. The van der Waals surface area contributed by atoms with Crippen molar-refractivity contribution >= 4 is 11.7 Å². The molecule has 0 aromatic heterocycles. The first-order valence-corrected chi connectivity index (χ1v) is 8.58. The van der Waals surface area contributed by atoms with Crippen LogP contribution in [0.3, 0.4) is 0 Å². The second-order valence-corrected chi connectivity index (χ2v) is 7.19. The maximum atomic E-state index is 12.6. The van der Waals surface area contributed by atoms with Crippen molar-refractivity contribution in [3.8, 4) is 0 Å². The summed E-state index contributed by atoms with van der Waals surface area (Å²) in [7, 11) is 1.71. The number of carbonyl (C=O) groups excluding carboxylic acids is 2. The van der Waals surface area contributed by atoms with Crippen molar-refractivity contribution in [3.05, 3.63) is 0 Å². The molecule has 1 N–H and O–H groups in total. The van der Waals surface area contributed by atoms with Gasteiger partial charge in [-0.05, 0) is 24.7 Å². The molecule has 3 atom stereocenters. The Morgan fingerprint density at radius 3 is 1.95 bits per heavy atom. The molecule has 0 fully saturated rings. The van der Waals surface area contributed by atoms with E-state index in [2.05, 4.69) is 20.8 Å². The molecule has 0 aliphatic heterocycles. The van der Waals surface area contributed by atoms with Crippen molar-refractivity contribution in [2.24, 2.45) is 23.7 Å². The Balaban J connectivity index is 5.22. The SMILES string of the molecule is CCC(CO)C(=O)N(C)C(C(=O)C(C)C)C(C)CCC(C)C. The Hall–Kier alpha value is -0.900. The zero-order valence-corrected chi connectivity index (χ0v) is 15.4. The highest BCUT2D eigenvalue weighted by molar-refractivity contribution is 5.91. The largest absolute Gasteiger partial charge is 0.396 e. The number of Topliss-reactive ketones (excluding diaryl/α,β-unsaturated/α-hetero) is 1. The second kappa shape index (κ2) is 9.98. The summed E-state index contributed by atoms with van der Waals surface area (Å²) in [6.07, 6.45) is 2.55.